The summed E-state index contributed by atoms with van der Waals surface area (Å²) < 4.78 is 32.7. The SMILES string of the molecule is CCCC/C=C\C/C=C\CCCCCCCC(=O)O[C@H](COC(=O)CCCCCCCCCCC/C=C\C/C=C\CCCCC)COP(=O)(O)OC[C@@H](O)CO. The van der Waals surface area contributed by atoms with Crippen LogP contribution in [-0.4, -0.2) is 65.7 Å². The van der Waals surface area contributed by atoms with E-state index in [1.165, 1.54) is 70.6 Å². The molecule has 0 rings (SSSR count). The van der Waals surface area contributed by atoms with Crippen LogP contribution >= 0.6 is 7.82 Å². The topological polar surface area (TPSA) is 149 Å². The molecule has 0 saturated carbocycles. The minimum atomic E-state index is -4.62. The fourth-order valence-corrected chi connectivity index (χ4v) is 6.53. The highest BCUT2D eigenvalue weighted by Crippen LogP contribution is 2.43. The molecule has 0 aliphatic heterocycles. The molecule has 11 heteroatoms. The molecule has 0 aliphatic rings. The van der Waals surface area contributed by atoms with Gasteiger partial charge < -0.3 is 24.6 Å². The Morgan fingerprint density at radius 2 is 0.946 bits per heavy atom. The first-order valence-corrected chi connectivity index (χ1v) is 23.6. The maximum absolute atomic E-state index is 12.6. The van der Waals surface area contributed by atoms with E-state index in [4.69, 9.17) is 19.1 Å². The van der Waals surface area contributed by atoms with E-state index in [1.807, 2.05) is 0 Å². The van der Waals surface area contributed by atoms with Gasteiger partial charge in [0.25, 0.3) is 0 Å². The number of phosphoric ester groups is 1. The summed E-state index contributed by atoms with van der Waals surface area (Å²) in [6.07, 6.45) is 43.6. The maximum atomic E-state index is 12.6. The maximum Gasteiger partial charge on any atom is 0.472 e. The van der Waals surface area contributed by atoms with Crippen molar-refractivity contribution in [3.05, 3.63) is 48.6 Å². The molecule has 1 unspecified atom stereocenters. The van der Waals surface area contributed by atoms with Crippen molar-refractivity contribution in [1.82, 2.24) is 0 Å². The first-order valence-electron chi connectivity index (χ1n) is 22.1. The molecule has 0 aromatic rings. The molecule has 0 aliphatic carbocycles. The second-order valence-corrected chi connectivity index (χ2v) is 16.2. The number of hydrogen-bond donors (Lipinski definition) is 3. The summed E-state index contributed by atoms with van der Waals surface area (Å²) in [5.74, 6) is -0.946. The van der Waals surface area contributed by atoms with E-state index in [0.717, 1.165) is 77.0 Å². The van der Waals surface area contributed by atoms with E-state index in [2.05, 4.69) is 67.0 Å². The molecule has 0 fully saturated rings. The Hall–Kier alpha value is -2.07. The van der Waals surface area contributed by atoms with Crippen LogP contribution in [0.3, 0.4) is 0 Å². The van der Waals surface area contributed by atoms with Crippen molar-refractivity contribution in [1.29, 1.82) is 0 Å². The zero-order chi connectivity index (χ0) is 41.2. The van der Waals surface area contributed by atoms with E-state index < -0.39 is 51.8 Å². The van der Waals surface area contributed by atoms with Crippen molar-refractivity contribution < 1.29 is 47.8 Å². The highest BCUT2D eigenvalue weighted by Gasteiger charge is 2.27. The summed E-state index contributed by atoms with van der Waals surface area (Å²) >= 11 is 0. The summed E-state index contributed by atoms with van der Waals surface area (Å²) in [5, 5.41) is 18.3. The van der Waals surface area contributed by atoms with Gasteiger partial charge in [0.1, 0.15) is 12.7 Å². The molecule has 10 nitrogen and oxygen atoms in total. The predicted octanol–water partition coefficient (Wildman–Crippen LogP) is 11.7. The van der Waals surface area contributed by atoms with Crippen LogP contribution in [0.25, 0.3) is 0 Å². The minimum Gasteiger partial charge on any atom is -0.462 e. The van der Waals surface area contributed by atoms with Crippen LogP contribution < -0.4 is 0 Å². The number of esters is 2. The molecule has 0 amide bonds. The number of allylic oxidation sites excluding steroid dienone is 8. The lowest BCUT2D eigenvalue weighted by atomic mass is 10.1. The zero-order valence-electron chi connectivity index (χ0n) is 35.3. The molecular formula is C45H81O10P. The molecule has 326 valence electrons. The first kappa shape index (κ1) is 53.9. The smallest absolute Gasteiger partial charge is 0.462 e. The molecule has 0 spiro atoms. The Kier molecular flexibility index (Phi) is 39.6. The van der Waals surface area contributed by atoms with Crippen LogP contribution in [0.1, 0.15) is 187 Å². The zero-order valence-corrected chi connectivity index (χ0v) is 36.2. The molecule has 0 saturated heterocycles. The Balaban J connectivity index is 4.28. The number of hydrogen-bond acceptors (Lipinski definition) is 9. The summed E-state index contributed by atoms with van der Waals surface area (Å²) in [4.78, 5) is 35.0. The summed E-state index contributed by atoms with van der Waals surface area (Å²) in [6, 6.07) is 0. The molecule has 56 heavy (non-hydrogen) atoms. The van der Waals surface area contributed by atoms with E-state index in [1.54, 1.807) is 0 Å². The Bertz CT molecular complexity index is 1070. The summed E-state index contributed by atoms with van der Waals surface area (Å²) in [7, 11) is -4.62. The van der Waals surface area contributed by atoms with Crippen molar-refractivity contribution in [3.8, 4) is 0 Å². The lowest BCUT2D eigenvalue weighted by molar-refractivity contribution is -0.161. The average molecular weight is 813 g/mol. The van der Waals surface area contributed by atoms with Crippen LogP contribution in [0.4, 0.5) is 0 Å². The van der Waals surface area contributed by atoms with Gasteiger partial charge in [-0.1, -0.05) is 152 Å². The highest BCUT2D eigenvalue weighted by atomic mass is 31.2. The van der Waals surface area contributed by atoms with Crippen molar-refractivity contribution in [3.63, 3.8) is 0 Å². The predicted molar refractivity (Wildman–Crippen MR) is 228 cm³/mol. The average Bonchev–Trinajstić information content (AvgIpc) is 3.19. The first-order chi connectivity index (χ1) is 27.2. The normalized spacial score (nSPS) is 14.3. The number of ether oxygens (including phenoxy) is 2. The lowest BCUT2D eigenvalue weighted by Crippen LogP contribution is -2.29. The monoisotopic (exact) mass is 813 g/mol. The number of carbonyl (C=O) groups is 2. The molecule has 0 aromatic heterocycles. The van der Waals surface area contributed by atoms with Crippen LogP contribution in [0.15, 0.2) is 48.6 Å². The van der Waals surface area contributed by atoms with Crippen molar-refractivity contribution in [2.45, 2.75) is 199 Å². The van der Waals surface area contributed by atoms with E-state index in [9.17, 15) is 24.2 Å². The van der Waals surface area contributed by atoms with Crippen LogP contribution in [-0.2, 0) is 32.7 Å². The van der Waals surface area contributed by atoms with Gasteiger partial charge in [-0.3, -0.25) is 18.6 Å². The number of phosphoric acid groups is 1. The van der Waals surface area contributed by atoms with Gasteiger partial charge in [0.05, 0.1) is 19.8 Å². The van der Waals surface area contributed by atoms with E-state index >= 15 is 0 Å². The molecule has 0 bridgehead atoms. The second-order valence-electron chi connectivity index (χ2n) is 14.7. The molecule has 0 heterocycles. The minimum absolute atomic E-state index is 0.166. The largest absolute Gasteiger partial charge is 0.472 e. The number of carbonyl (C=O) groups excluding carboxylic acids is 2. The number of aliphatic hydroxyl groups excluding tert-OH is 2. The third kappa shape index (κ3) is 40.1. The van der Waals surface area contributed by atoms with Crippen molar-refractivity contribution >= 4 is 19.8 Å². The van der Waals surface area contributed by atoms with Crippen molar-refractivity contribution in [2.24, 2.45) is 0 Å². The van der Waals surface area contributed by atoms with Crippen LogP contribution in [0.5, 0.6) is 0 Å². The van der Waals surface area contributed by atoms with Gasteiger partial charge in [0, 0.05) is 12.8 Å². The van der Waals surface area contributed by atoms with Gasteiger partial charge in [0.15, 0.2) is 6.10 Å². The number of rotatable bonds is 41. The third-order valence-electron chi connectivity index (χ3n) is 9.21. The van der Waals surface area contributed by atoms with E-state index in [-0.39, 0.29) is 19.4 Å². The third-order valence-corrected chi connectivity index (χ3v) is 10.2. The van der Waals surface area contributed by atoms with Gasteiger partial charge in [-0.25, -0.2) is 4.57 Å². The Labute approximate surface area is 341 Å². The summed E-state index contributed by atoms with van der Waals surface area (Å²) in [6.45, 7) is 2.29. The fourth-order valence-electron chi connectivity index (χ4n) is 5.74. The van der Waals surface area contributed by atoms with Gasteiger partial charge in [-0.05, 0) is 70.6 Å². The number of unbranched alkanes of at least 4 members (excludes halogenated alkanes) is 19. The van der Waals surface area contributed by atoms with Gasteiger partial charge in [-0.15, -0.1) is 0 Å². The fraction of sp³-hybridized carbons (Fsp3) is 0.778. The number of aliphatic hydroxyl groups is 2. The molecule has 0 aromatic carbocycles. The molecule has 0 radical (unpaired) electrons. The summed E-state index contributed by atoms with van der Waals surface area (Å²) in [5.41, 5.74) is 0. The van der Waals surface area contributed by atoms with Crippen molar-refractivity contribution in [2.75, 3.05) is 26.4 Å². The van der Waals surface area contributed by atoms with Gasteiger partial charge in [-0.2, -0.15) is 0 Å². The standard InChI is InChI=1S/C45H81O10P/c1-3-5-7-9-11-13-15-17-19-20-21-22-23-25-26-28-30-32-34-36-44(48)52-40-43(41-54-56(50,51)53-39-42(47)38-46)55-45(49)37-35-33-31-29-27-24-18-16-14-12-10-8-6-4-2/h10-13,16-19,42-43,46-47H,3-9,14-15,20-41H2,1-2H3,(H,50,51)/b12-10-,13-11-,18-16-,19-17-/t42-,43+/m0/s1. The molecular weight excluding hydrogens is 731 g/mol. The van der Waals surface area contributed by atoms with Crippen LogP contribution in [0, 0.1) is 0 Å². The molecule has 3 N–H and O–H groups in total. The van der Waals surface area contributed by atoms with Gasteiger partial charge in [0.2, 0.25) is 0 Å². The Morgan fingerprint density at radius 3 is 1.43 bits per heavy atom. The molecule has 3 atom stereocenters. The van der Waals surface area contributed by atoms with Gasteiger partial charge >= 0.3 is 19.8 Å². The Morgan fingerprint density at radius 1 is 0.536 bits per heavy atom. The second kappa shape index (κ2) is 41.1. The van der Waals surface area contributed by atoms with Crippen LogP contribution in [0.2, 0.25) is 0 Å². The lowest BCUT2D eigenvalue weighted by Gasteiger charge is -2.20. The van der Waals surface area contributed by atoms with E-state index in [0.29, 0.717) is 12.8 Å². The highest BCUT2D eigenvalue weighted by molar-refractivity contribution is 7.47. The quantitative estimate of drug-likeness (QED) is 0.0236.